The second kappa shape index (κ2) is 5.44. The molecule has 5 heteroatoms. The topological polar surface area (TPSA) is 46.9 Å². The number of halogens is 1. The zero-order chi connectivity index (χ0) is 14.1. The maximum atomic E-state index is 11.6. The summed E-state index contributed by atoms with van der Waals surface area (Å²) >= 11 is 5.97. The van der Waals surface area contributed by atoms with Crippen molar-refractivity contribution >= 4 is 28.5 Å². The normalized spacial score (nSPS) is 14.7. The first-order valence-corrected chi connectivity index (χ1v) is 7.52. The summed E-state index contributed by atoms with van der Waals surface area (Å²) in [5.41, 5.74) is 3.24. The number of nitrogens with zero attached hydrogens (tertiary/aromatic N) is 2. The fourth-order valence-electron chi connectivity index (χ4n) is 2.41. The maximum absolute atomic E-state index is 11.6. The second-order valence-corrected chi connectivity index (χ2v) is 5.64. The van der Waals surface area contributed by atoms with E-state index in [2.05, 4.69) is 27.9 Å². The molecular formula is C15H18ClN3O. The number of nitrogens with one attached hydrogen (secondary N) is 1. The van der Waals surface area contributed by atoms with Gasteiger partial charge in [-0.3, -0.25) is 4.79 Å². The van der Waals surface area contributed by atoms with Crippen molar-refractivity contribution in [3.8, 4) is 0 Å². The summed E-state index contributed by atoms with van der Waals surface area (Å²) in [6.45, 7) is 3.39. The largest absolute Gasteiger partial charge is 0.354 e. The van der Waals surface area contributed by atoms with Gasteiger partial charge in [-0.05, 0) is 37.5 Å². The Bertz CT molecular complexity index is 646. The Morgan fingerprint density at radius 3 is 3.00 bits per heavy atom. The van der Waals surface area contributed by atoms with E-state index in [1.807, 2.05) is 12.1 Å². The van der Waals surface area contributed by atoms with E-state index in [-0.39, 0.29) is 11.8 Å². The molecule has 0 spiro atoms. The van der Waals surface area contributed by atoms with Crippen molar-refractivity contribution in [1.82, 2.24) is 14.9 Å². The molecular weight excluding hydrogens is 274 g/mol. The molecule has 1 aromatic carbocycles. The molecule has 1 aliphatic carbocycles. The summed E-state index contributed by atoms with van der Waals surface area (Å²) in [5, 5.41) is 2.98. The lowest BCUT2D eigenvalue weighted by Crippen LogP contribution is -2.28. The van der Waals surface area contributed by atoms with Crippen LogP contribution in [0.5, 0.6) is 0 Å². The lowest BCUT2D eigenvalue weighted by molar-refractivity contribution is -0.122. The SMILES string of the molecule is Cc1ccc2nc(CCl)n(CCNC(=O)C3CC3)c2c1. The van der Waals surface area contributed by atoms with Crippen LogP contribution in [0.4, 0.5) is 0 Å². The Morgan fingerprint density at radius 2 is 2.30 bits per heavy atom. The highest BCUT2D eigenvalue weighted by molar-refractivity contribution is 6.16. The van der Waals surface area contributed by atoms with Crippen molar-refractivity contribution in [2.45, 2.75) is 32.2 Å². The first kappa shape index (κ1) is 13.4. The highest BCUT2D eigenvalue weighted by Gasteiger charge is 2.29. The molecule has 1 aromatic heterocycles. The minimum Gasteiger partial charge on any atom is -0.354 e. The molecule has 0 radical (unpaired) electrons. The standard InChI is InChI=1S/C15H18ClN3O/c1-10-2-5-12-13(8-10)19(14(9-16)18-12)7-6-17-15(20)11-3-4-11/h2,5,8,11H,3-4,6-7,9H2,1H3,(H,17,20). The van der Waals surface area contributed by atoms with Gasteiger partial charge in [-0.2, -0.15) is 0 Å². The number of imidazole rings is 1. The smallest absolute Gasteiger partial charge is 0.223 e. The molecule has 106 valence electrons. The second-order valence-electron chi connectivity index (χ2n) is 5.37. The number of aromatic nitrogens is 2. The van der Waals surface area contributed by atoms with Crippen LogP contribution in [-0.4, -0.2) is 22.0 Å². The Morgan fingerprint density at radius 1 is 1.50 bits per heavy atom. The number of rotatable bonds is 5. The number of carbonyl (C=O) groups is 1. The van der Waals surface area contributed by atoms with Gasteiger partial charge < -0.3 is 9.88 Å². The molecule has 2 aromatic rings. The molecule has 0 unspecified atom stereocenters. The summed E-state index contributed by atoms with van der Waals surface area (Å²) in [6, 6.07) is 6.17. The molecule has 4 nitrogen and oxygen atoms in total. The van der Waals surface area contributed by atoms with Crippen LogP contribution in [0.25, 0.3) is 11.0 Å². The molecule has 1 fully saturated rings. The van der Waals surface area contributed by atoms with Gasteiger partial charge in [0.25, 0.3) is 0 Å². The average molecular weight is 292 g/mol. The molecule has 0 bridgehead atoms. The summed E-state index contributed by atoms with van der Waals surface area (Å²) in [7, 11) is 0. The van der Waals surface area contributed by atoms with E-state index in [1.54, 1.807) is 0 Å². The summed E-state index contributed by atoms with van der Waals surface area (Å²) in [5.74, 6) is 1.67. The van der Waals surface area contributed by atoms with E-state index in [0.29, 0.717) is 19.0 Å². The molecule has 1 amide bonds. The van der Waals surface area contributed by atoms with Crippen molar-refractivity contribution < 1.29 is 4.79 Å². The number of aryl methyl sites for hydroxylation is 1. The van der Waals surface area contributed by atoms with E-state index in [9.17, 15) is 4.79 Å². The molecule has 1 heterocycles. The third-order valence-corrected chi connectivity index (χ3v) is 3.92. The molecule has 1 saturated carbocycles. The third kappa shape index (κ3) is 2.66. The van der Waals surface area contributed by atoms with Gasteiger partial charge in [-0.15, -0.1) is 11.6 Å². The first-order chi connectivity index (χ1) is 9.69. The molecule has 1 N–H and O–H groups in total. The van der Waals surface area contributed by atoms with Crippen LogP contribution >= 0.6 is 11.6 Å². The number of amides is 1. The van der Waals surface area contributed by atoms with Crippen molar-refractivity contribution in [3.05, 3.63) is 29.6 Å². The fourth-order valence-corrected chi connectivity index (χ4v) is 2.62. The van der Waals surface area contributed by atoms with E-state index in [4.69, 9.17) is 11.6 Å². The van der Waals surface area contributed by atoms with E-state index in [0.717, 1.165) is 29.7 Å². The number of carbonyl (C=O) groups excluding carboxylic acids is 1. The van der Waals surface area contributed by atoms with E-state index >= 15 is 0 Å². The molecule has 0 saturated heterocycles. The van der Waals surface area contributed by atoms with Gasteiger partial charge in [0, 0.05) is 19.0 Å². The first-order valence-electron chi connectivity index (χ1n) is 6.98. The van der Waals surface area contributed by atoms with Gasteiger partial charge in [0.15, 0.2) is 0 Å². The van der Waals surface area contributed by atoms with Crippen molar-refractivity contribution in [2.24, 2.45) is 5.92 Å². The Hall–Kier alpha value is -1.55. The molecule has 3 rings (SSSR count). The van der Waals surface area contributed by atoms with Crippen LogP contribution in [-0.2, 0) is 17.2 Å². The van der Waals surface area contributed by atoms with Crippen molar-refractivity contribution in [2.75, 3.05) is 6.54 Å². The summed E-state index contributed by atoms with van der Waals surface area (Å²) < 4.78 is 2.10. The van der Waals surface area contributed by atoms with Crippen LogP contribution in [0.15, 0.2) is 18.2 Å². The average Bonchev–Trinajstić information content (AvgIpc) is 3.23. The van der Waals surface area contributed by atoms with Gasteiger partial charge in [0.05, 0.1) is 16.9 Å². The molecule has 20 heavy (non-hydrogen) atoms. The van der Waals surface area contributed by atoms with Gasteiger partial charge >= 0.3 is 0 Å². The Labute approximate surface area is 123 Å². The van der Waals surface area contributed by atoms with E-state index < -0.39 is 0 Å². The predicted molar refractivity (Wildman–Crippen MR) is 79.8 cm³/mol. The van der Waals surface area contributed by atoms with Crippen LogP contribution in [0, 0.1) is 12.8 Å². The van der Waals surface area contributed by atoms with Gasteiger partial charge in [-0.25, -0.2) is 4.98 Å². The lowest BCUT2D eigenvalue weighted by atomic mass is 10.2. The van der Waals surface area contributed by atoms with Crippen LogP contribution in [0.3, 0.4) is 0 Å². The van der Waals surface area contributed by atoms with E-state index in [1.165, 1.54) is 5.56 Å². The maximum Gasteiger partial charge on any atom is 0.223 e. The predicted octanol–water partition coefficient (Wildman–Crippen LogP) is 2.61. The minimum atomic E-state index is 0.179. The Balaban J connectivity index is 1.77. The number of fused-ring (bicyclic) bond motifs is 1. The van der Waals surface area contributed by atoms with Gasteiger partial charge in [-0.1, -0.05) is 6.07 Å². The lowest BCUT2D eigenvalue weighted by Gasteiger charge is -2.09. The highest BCUT2D eigenvalue weighted by Crippen LogP contribution is 2.28. The monoisotopic (exact) mass is 291 g/mol. The fraction of sp³-hybridized carbons (Fsp3) is 0.467. The highest BCUT2D eigenvalue weighted by atomic mass is 35.5. The van der Waals surface area contributed by atoms with Crippen molar-refractivity contribution in [3.63, 3.8) is 0 Å². The third-order valence-electron chi connectivity index (χ3n) is 3.69. The van der Waals surface area contributed by atoms with Crippen LogP contribution in [0.1, 0.15) is 24.2 Å². The minimum absolute atomic E-state index is 0.179. The molecule has 0 atom stereocenters. The number of hydrogen-bond donors (Lipinski definition) is 1. The van der Waals surface area contributed by atoms with Gasteiger partial charge in [0.2, 0.25) is 5.91 Å². The Kier molecular flexibility index (Phi) is 3.66. The zero-order valence-corrected chi connectivity index (χ0v) is 12.3. The van der Waals surface area contributed by atoms with Crippen LogP contribution < -0.4 is 5.32 Å². The number of hydrogen-bond acceptors (Lipinski definition) is 2. The van der Waals surface area contributed by atoms with Gasteiger partial charge in [0.1, 0.15) is 5.82 Å². The molecule has 1 aliphatic rings. The molecule has 0 aliphatic heterocycles. The number of alkyl halides is 1. The van der Waals surface area contributed by atoms with Crippen molar-refractivity contribution in [1.29, 1.82) is 0 Å². The summed E-state index contributed by atoms with van der Waals surface area (Å²) in [4.78, 5) is 16.2. The zero-order valence-electron chi connectivity index (χ0n) is 11.5. The number of benzene rings is 1. The van der Waals surface area contributed by atoms with Crippen LogP contribution in [0.2, 0.25) is 0 Å². The quantitative estimate of drug-likeness (QED) is 0.861. The summed E-state index contributed by atoms with van der Waals surface area (Å²) in [6.07, 6.45) is 2.07.